The first-order valence-electron chi connectivity index (χ1n) is 8.61. The maximum atomic E-state index is 12.6. The number of hydrogen-bond donors (Lipinski definition) is 1. The molecule has 0 unspecified atom stereocenters. The maximum Gasteiger partial charge on any atom is 0.266 e. The molecule has 7 nitrogen and oxygen atoms in total. The summed E-state index contributed by atoms with van der Waals surface area (Å²) in [5.41, 5.74) is 1.85. The van der Waals surface area contributed by atoms with Crippen molar-refractivity contribution in [3.05, 3.63) is 77.1 Å². The van der Waals surface area contributed by atoms with Crippen LogP contribution >= 0.6 is 11.8 Å². The van der Waals surface area contributed by atoms with Gasteiger partial charge in [0, 0.05) is 24.4 Å². The fraction of sp³-hybridized carbons (Fsp3) is 0.100. The van der Waals surface area contributed by atoms with Crippen LogP contribution in [0.5, 0.6) is 0 Å². The average molecular weight is 391 g/mol. The lowest BCUT2D eigenvalue weighted by Crippen LogP contribution is -2.28. The summed E-state index contributed by atoms with van der Waals surface area (Å²) in [7, 11) is 1.74. The fourth-order valence-electron chi connectivity index (χ4n) is 2.72. The number of nitrogens with one attached hydrogen (secondary N) is 1. The van der Waals surface area contributed by atoms with Crippen molar-refractivity contribution in [2.45, 2.75) is 5.16 Å². The minimum Gasteiger partial charge on any atom is -0.315 e. The summed E-state index contributed by atoms with van der Waals surface area (Å²) in [6.45, 7) is 0. The first kappa shape index (κ1) is 18.0. The Morgan fingerprint density at radius 1 is 1.07 bits per heavy atom. The summed E-state index contributed by atoms with van der Waals surface area (Å²) in [6, 6.07) is 20.4. The predicted octanol–water partition coefficient (Wildman–Crippen LogP) is 2.84. The number of fused-ring (bicyclic) bond motifs is 1. The van der Waals surface area contributed by atoms with Crippen molar-refractivity contribution >= 4 is 29.0 Å². The van der Waals surface area contributed by atoms with Gasteiger partial charge in [-0.25, -0.2) is 14.5 Å². The molecule has 4 aromatic rings. The van der Waals surface area contributed by atoms with Crippen molar-refractivity contribution in [2.24, 2.45) is 0 Å². The molecular weight excluding hydrogens is 374 g/mol. The van der Waals surface area contributed by atoms with Crippen LogP contribution in [0, 0.1) is 0 Å². The summed E-state index contributed by atoms with van der Waals surface area (Å²) < 4.78 is 1.51. The van der Waals surface area contributed by atoms with Gasteiger partial charge in [-0.1, -0.05) is 60.3 Å². The standard InChI is InChI=1S/C20H17N5O2S/c1-24(15-10-6-3-7-11-15)18(27)13-28-20-22-19(14-8-4-2-5-9-14)21-16-12-17(26)23-25(16)20/h2-12H,13H2,1H3,(H,23,26). The van der Waals surface area contributed by atoms with Crippen LogP contribution in [0.2, 0.25) is 0 Å². The van der Waals surface area contributed by atoms with Crippen LogP contribution in [0.3, 0.4) is 0 Å². The van der Waals surface area contributed by atoms with Crippen molar-refractivity contribution in [3.63, 3.8) is 0 Å². The Morgan fingerprint density at radius 2 is 1.75 bits per heavy atom. The van der Waals surface area contributed by atoms with Gasteiger partial charge in [0.2, 0.25) is 5.91 Å². The van der Waals surface area contributed by atoms with Gasteiger partial charge < -0.3 is 4.90 Å². The molecule has 140 valence electrons. The van der Waals surface area contributed by atoms with Crippen LogP contribution in [-0.4, -0.2) is 38.3 Å². The van der Waals surface area contributed by atoms with Crippen molar-refractivity contribution in [3.8, 4) is 11.4 Å². The number of amides is 1. The number of nitrogens with zero attached hydrogens (tertiary/aromatic N) is 4. The second-order valence-corrected chi connectivity index (χ2v) is 7.03. The summed E-state index contributed by atoms with van der Waals surface area (Å²) in [5.74, 6) is 0.607. The van der Waals surface area contributed by atoms with Crippen LogP contribution in [-0.2, 0) is 4.79 Å². The van der Waals surface area contributed by atoms with Crippen molar-refractivity contribution in [2.75, 3.05) is 17.7 Å². The molecule has 2 heterocycles. The summed E-state index contributed by atoms with van der Waals surface area (Å²) in [6.07, 6.45) is 0. The zero-order valence-electron chi connectivity index (χ0n) is 15.1. The van der Waals surface area contributed by atoms with Gasteiger partial charge in [0.15, 0.2) is 16.6 Å². The number of thioether (sulfide) groups is 1. The maximum absolute atomic E-state index is 12.6. The number of H-pyrrole nitrogens is 1. The Labute approximate surface area is 165 Å². The van der Waals surface area contributed by atoms with Gasteiger partial charge in [-0.05, 0) is 12.1 Å². The summed E-state index contributed by atoms with van der Waals surface area (Å²) >= 11 is 1.25. The quantitative estimate of drug-likeness (QED) is 0.529. The zero-order chi connectivity index (χ0) is 19.5. The molecular formula is C20H17N5O2S. The Balaban J connectivity index is 1.62. The van der Waals surface area contributed by atoms with E-state index in [0.717, 1.165) is 11.3 Å². The number of carbonyl (C=O) groups is 1. The molecule has 0 fully saturated rings. The van der Waals surface area contributed by atoms with E-state index >= 15 is 0 Å². The van der Waals surface area contributed by atoms with Gasteiger partial charge in [-0.3, -0.25) is 14.7 Å². The van der Waals surface area contributed by atoms with E-state index in [-0.39, 0.29) is 17.2 Å². The lowest BCUT2D eigenvalue weighted by Gasteiger charge is -2.17. The molecule has 28 heavy (non-hydrogen) atoms. The molecule has 0 spiro atoms. The van der Waals surface area contributed by atoms with Crippen molar-refractivity contribution in [1.82, 2.24) is 19.6 Å². The van der Waals surface area contributed by atoms with Gasteiger partial charge in [-0.2, -0.15) is 0 Å². The molecule has 0 aliphatic heterocycles. The molecule has 0 aliphatic carbocycles. The highest BCUT2D eigenvalue weighted by Crippen LogP contribution is 2.22. The van der Waals surface area contributed by atoms with Crippen LogP contribution in [0.1, 0.15) is 0 Å². The van der Waals surface area contributed by atoms with Gasteiger partial charge in [0.1, 0.15) is 0 Å². The fourth-order valence-corrected chi connectivity index (χ4v) is 3.58. The van der Waals surface area contributed by atoms with Gasteiger partial charge in [-0.15, -0.1) is 0 Å². The van der Waals surface area contributed by atoms with E-state index in [1.165, 1.54) is 22.3 Å². The third kappa shape index (κ3) is 3.67. The second-order valence-electron chi connectivity index (χ2n) is 6.09. The molecule has 0 aliphatic rings. The Hall–Kier alpha value is -3.39. The Kier molecular flexibility index (Phi) is 4.94. The molecule has 0 bridgehead atoms. The monoisotopic (exact) mass is 391 g/mol. The Bertz CT molecular complexity index is 1170. The van der Waals surface area contributed by atoms with E-state index in [1.54, 1.807) is 11.9 Å². The van der Waals surface area contributed by atoms with Crippen LogP contribution < -0.4 is 10.5 Å². The molecule has 0 saturated carbocycles. The molecule has 8 heteroatoms. The Morgan fingerprint density at radius 3 is 2.46 bits per heavy atom. The number of benzene rings is 2. The van der Waals surface area contributed by atoms with E-state index in [0.29, 0.717) is 16.6 Å². The highest BCUT2D eigenvalue weighted by atomic mass is 32.2. The lowest BCUT2D eigenvalue weighted by molar-refractivity contribution is -0.115. The zero-order valence-corrected chi connectivity index (χ0v) is 15.9. The van der Waals surface area contributed by atoms with E-state index in [9.17, 15) is 9.59 Å². The SMILES string of the molecule is CN(C(=O)CSc1nc(-c2ccccc2)nc2cc(=O)[nH]n12)c1ccccc1. The minimum absolute atomic E-state index is 0.0706. The van der Waals surface area contributed by atoms with E-state index in [2.05, 4.69) is 15.1 Å². The molecule has 2 aromatic carbocycles. The van der Waals surface area contributed by atoms with E-state index in [1.807, 2.05) is 60.7 Å². The molecule has 1 N–H and O–H groups in total. The third-order valence-electron chi connectivity index (χ3n) is 4.20. The highest BCUT2D eigenvalue weighted by Gasteiger charge is 2.15. The average Bonchev–Trinajstić information content (AvgIpc) is 3.12. The van der Waals surface area contributed by atoms with Crippen LogP contribution in [0.15, 0.2) is 76.7 Å². The molecule has 4 rings (SSSR count). The topological polar surface area (TPSA) is 83.4 Å². The largest absolute Gasteiger partial charge is 0.315 e. The van der Waals surface area contributed by atoms with Gasteiger partial charge in [0.25, 0.3) is 5.56 Å². The summed E-state index contributed by atoms with van der Waals surface area (Å²) in [4.78, 5) is 35.0. The molecule has 1 amide bonds. The number of rotatable bonds is 5. The molecule has 2 aromatic heterocycles. The molecule has 0 saturated heterocycles. The number of para-hydroxylation sites is 1. The van der Waals surface area contributed by atoms with Gasteiger partial charge >= 0.3 is 0 Å². The third-order valence-corrected chi connectivity index (χ3v) is 5.12. The van der Waals surface area contributed by atoms with Crippen molar-refractivity contribution < 1.29 is 4.79 Å². The van der Waals surface area contributed by atoms with Crippen molar-refractivity contribution in [1.29, 1.82) is 0 Å². The molecule has 0 radical (unpaired) electrons. The number of carbonyl (C=O) groups excluding carboxylic acids is 1. The minimum atomic E-state index is -0.269. The highest BCUT2D eigenvalue weighted by molar-refractivity contribution is 7.99. The normalized spacial score (nSPS) is 10.9. The number of anilines is 1. The predicted molar refractivity (Wildman–Crippen MR) is 110 cm³/mol. The van der Waals surface area contributed by atoms with Gasteiger partial charge in [0.05, 0.1) is 5.75 Å². The molecule has 0 atom stereocenters. The first-order valence-corrected chi connectivity index (χ1v) is 9.60. The lowest BCUT2D eigenvalue weighted by atomic mass is 10.2. The first-order chi connectivity index (χ1) is 13.6. The number of aromatic nitrogens is 4. The smallest absolute Gasteiger partial charge is 0.266 e. The van der Waals surface area contributed by atoms with Crippen LogP contribution in [0.4, 0.5) is 5.69 Å². The number of aromatic amines is 1. The van der Waals surface area contributed by atoms with Crippen LogP contribution in [0.25, 0.3) is 17.0 Å². The van der Waals surface area contributed by atoms with E-state index in [4.69, 9.17) is 0 Å². The second kappa shape index (κ2) is 7.69. The summed E-state index contributed by atoms with van der Waals surface area (Å²) in [5, 5.41) is 3.18. The number of hydrogen-bond acceptors (Lipinski definition) is 5. The van der Waals surface area contributed by atoms with E-state index < -0.39 is 0 Å².